The molecule has 0 radical (unpaired) electrons. The van der Waals surface area contributed by atoms with Gasteiger partial charge in [-0.2, -0.15) is 0 Å². The molecule has 0 bridgehead atoms. The number of rotatable bonds is 5. The van der Waals surface area contributed by atoms with Crippen LogP contribution in [0.2, 0.25) is 0 Å². The molecule has 1 amide bonds. The van der Waals surface area contributed by atoms with E-state index >= 15 is 0 Å². The Morgan fingerprint density at radius 1 is 1.33 bits per heavy atom. The van der Waals surface area contributed by atoms with Crippen LogP contribution < -0.4 is 5.32 Å². The molecule has 0 aliphatic carbocycles. The number of hydrogen-bond acceptors (Lipinski definition) is 3. The average molecular weight is 289 g/mol. The Labute approximate surface area is 119 Å². The van der Waals surface area contributed by atoms with Gasteiger partial charge >= 0.3 is 5.97 Å². The van der Waals surface area contributed by atoms with E-state index in [4.69, 9.17) is 9.52 Å². The van der Waals surface area contributed by atoms with Crippen LogP contribution >= 0.6 is 0 Å². The van der Waals surface area contributed by atoms with E-state index in [1.807, 2.05) is 0 Å². The van der Waals surface area contributed by atoms with Crippen molar-refractivity contribution in [3.63, 3.8) is 0 Å². The first-order chi connectivity index (χ1) is 10.1. The van der Waals surface area contributed by atoms with E-state index in [1.165, 1.54) is 24.5 Å². The third-order valence-corrected chi connectivity index (χ3v) is 2.66. The Morgan fingerprint density at radius 3 is 2.76 bits per heavy atom. The summed E-state index contributed by atoms with van der Waals surface area (Å²) in [4.78, 5) is 22.2. The summed E-state index contributed by atoms with van der Waals surface area (Å²) in [5.41, 5.74) is 0.242. The highest BCUT2D eigenvalue weighted by Crippen LogP contribution is 2.12. The molecule has 0 spiro atoms. The molecule has 2 aromatic rings. The Hall–Kier alpha value is -2.89. The van der Waals surface area contributed by atoms with Crippen LogP contribution in [0, 0.1) is 5.82 Å². The smallest absolute Gasteiger partial charge is 0.328 e. The molecule has 0 unspecified atom stereocenters. The van der Waals surface area contributed by atoms with Gasteiger partial charge in [0.25, 0.3) is 5.91 Å². The van der Waals surface area contributed by atoms with Crippen molar-refractivity contribution in [2.24, 2.45) is 0 Å². The fourth-order valence-electron chi connectivity index (χ4n) is 1.66. The molecule has 1 aromatic heterocycles. The van der Waals surface area contributed by atoms with Gasteiger partial charge in [-0.3, -0.25) is 4.79 Å². The normalized spacial score (nSPS) is 10.7. The molecule has 6 heteroatoms. The van der Waals surface area contributed by atoms with Crippen LogP contribution in [0.25, 0.3) is 6.08 Å². The van der Waals surface area contributed by atoms with Crippen molar-refractivity contribution in [1.29, 1.82) is 0 Å². The number of nitrogens with one attached hydrogen (secondary N) is 1. The van der Waals surface area contributed by atoms with Crippen LogP contribution in [-0.4, -0.2) is 17.0 Å². The first-order valence-electron chi connectivity index (χ1n) is 6.07. The van der Waals surface area contributed by atoms with Gasteiger partial charge in [-0.25, -0.2) is 9.18 Å². The summed E-state index contributed by atoms with van der Waals surface area (Å²) in [7, 11) is 0. The van der Waals surface area contributed by atoms with Gasteiger partial charge in [0.05, 0.1) is 18.4 Å². The maximum absolute atomic E-state index is 13.8. The molecular weight excluding hydrogens is 277 g/mol. The standard InChI is InChI=1S/C15H12FNO4/c16-13-8-10(4-6-14(18)19)3-5-12(13)15(20)17-9-11-2-1-7-21-11/h1-8H,9H2,(H,17,20)(H,18,19). The number of carbonyl (C=O) groups excluding carboxylic acids is 1. The minimum absolute atomic E-state index is 0.117. The lowest BCUT2D eigenvalue weighted by atomic mass is 10.1. The number of carbonyl (C=O) groups is 2. The van der Waals surface area contributed by atoms with Crippen LogP contribution in [0.1, 0.15) is 21.7 Å². The van der Waals surface area contributed by atoms with E-state index in [1.54, 1.807) is 12.1 Å². The first-order valence-corrected chi connectivity index (χ1v) is 6.07. The summed E-state index contributed by atoms with van der Waals surface area (Å²) in [5.74, 6) is -1.86. The van der Waals surface area contributed by atoms with Crippen LogP contribution in [0.3, 0.4) is 0 Å². The molecule has 1 heterocycles. The van der Waals surface area contributed by atoms with Gasteiger partial charge in [0.15, 0.2) is 0 Å². The molecule has 5 nitrogen and oxygen atoms in total. The molecule has 0 saturated heterocycles. The van der Waals surface area contributed by atoms with E-state index in [0.29, 0.717) is 11.3 Å². The second kappa shape index (κ2) is 6.51. The van der Waals surface area contributed by atoms with Gasteiger partial charge in [0, 0.05) is 6.08 Å². The Balaban J connectivity index is 2.05. The SMILES string of the molecule is O=C(O)C=Cc1ccc(C(=O)NCc2ccco2)c(F)c1. The summed E-state index contributed by atoms with van der Waals surface area (Å²) >= 11 is 0. The number of carboxylic acid groups (broad SMARTS) is 1. The monoisotopic (exact) mass is 289 g/mol. The van der Waals surface area contributed by atoms with Crippen molar-refractivity contribution in [2.75, 3.05) is 0 Å². The zero-order valence-electron chi connectivity index (χ0n) is 10.9. The summed E-state index contributed by atoms with van der Waals surface area (Å²) in [6, 6.07) is 7.24. The molecule has 21 heavy (non-hydrogen) atoms. The van der Waals surface area contributed by atoms with Crippen molar-refractivity contribution < 1.29 is 23.5 Å². The second-order valence-electron chi connectivity index (χ2n) is 4.17. The molecular formula is C15H12FNO4. The zero-order chi connectivity index (χ0) is 15.2. The lowest BCUT2D eigenvalue weighted by molar-refractivity contribution is -0.131. The maximum Gasteiger partial charge on any atom is 0.328 e. The highest BCUT2D eigenvalue weighted by atomic mass is 19.1. The van der Waals surface area contributed by atoms with E-state index < -0.39 is 17.7 Å². The molecule has 0 aliphatic heterocycles. The average Bonchev–Trinajstić information content (AvgIpc) is 2.96. The van der Waals surface area contributed by atoms with Gasteiger partial charge in [-0.1, -0.05) is 6.07 Å². The molecule has 0 atom stereocenters. The van der Waals surface area contributed by atoms with Crippen LogP contribution in [0.4, 0.5) is 4.39 Å². The molecule has 0 aliphatic rings. The van der Waals surface area contributed by atoms with Crippen molar-refractivity contribution in [3.8, 4) is 0 Å². The molecule has 2 N–H and O–H groups in total. The molecule has 1 aromatic carbocycles. The fraction of sp³-hybridized carbons (Fsp3) is 0.0667. The Bertz CT molecular complexity index is 677. The van der Waals surface area contributed by atoms with E-state index in [0.717, 1.165) is 12.1 Å². The molecule has 2 rings (SSSR count). The lowest BCUT2D eigenvalue weighted by Crippen LogP contribution is -2.23. The maximum atomic E-state index is 13.8. The van der Waals surface area contributed by atoms with Gasteiger partial charge < -0.3 is 14.8 Å². The van der Waals surface area contributed by atoms with E-state index in [9.17, 15) is 14.0 Å². The number of furan rings is 1. The third kappa shape index (κ3) is 4.04. The molecule has 0 saturated carbocycles. The van der Waals surface area contributed by atoms with Crippen LogP contribution in [0.15, 0.2) is 47.1 Å². The van der Waals surface area contributed by atoms with E-state index in [-0.39, 0.29) is 12.1 Å². The van der Waals surface area contributed by atoms with Crippen molar-refractivity contribution in [2.45, 2.75) is 6.54 Å². The van der Waals surface area contributed by atoms with Crippen molar-refractivity contribution >= 4 is 18.0 Å². The van der Waals surface area contributed by atoms with Gasteiger partial charge in [0.1, 0.15) is 11.6 Å². The van der Waals surface area contributed by atoms with Gasteiger partial charge in [0.2, 0.25) is 0 Å². The van der Waals surface area contributed by atoms with Crippen LogP contribution in [-0.2, 0) is 11.3 Å². The van der Waals surface area contributed by atoms with Crippen molar-refractivity contribution in [1.82, 2.24) is 5.32 Å². The topological polar surface area (TPSA) is 79.5 Å². The molecule has 0 fully saturated rings. The molecule has 108 valence electrons. The van der Waals surface area contributed by atoms with Crippen molar-refractivity contribution in [3.05, 3.63) is 65.4 Å². The van der Waals surface area contributed by atoms with Crippen LogP contribution in [0.5, 0.6) is 0 Å². The van der Waals surface area contributed by atoms with E-state index in [2.05, 4.69) is 5.32 Å². The fourth-order valence-corrected chi connectivity index (χ4v) is 1.66. The summed E-state index contributed by atoms with van der Waals surface area (Å²) in [6.07, 6.45) is 3.62. The number of carboxylic acids is 1. The highest BCUT2D eigenvalue weighted by molar-refractivity contribution is 5.94. The largest absolute Gasteiger partial charge is 0.478 e. The zero-order valence-corrected chi connectivity index (χ0v) is 10.9. The predicted molar refractivity (Wildman–Crippen MR) is 72.9 cm³/mol. The minimum Gasteiger partial charge on any atom is -0.478 e. The number of aliphatic carboxylic acids is 1. The number of benzene rings is 1. The minimum atomic E-state index is -1.13. The highest BCUT2D eigenvalue weighted by Gasteiger charge is 2.12. The lowest BCUT2D eigenvalue weighted by Gasteiger charge is -2.05. The van der Waals surface area contributed by atoms with Gasteiger partial charge in [-0.05, 0) is 35.9 Å². The number of hydrogen-bond donors (Lipinski definition) is 2. The summed E-state index contributed by atoms with van der Waals surface area (Å²) in [5, 5.41) is 11.0. The third-order valence-electron chi connectivity index (χ3n) is 2.66. The quantitative estimate of drug-likeness (QED) is 0.829. The summed E-state index contributed by atoms with van der Waals surface area (Å²) < 4.78 is 18.9. The Kier molecular flexibility index (Phi) is 4.50. The predicted octanol–water partition coefficient (Wildman–Crippen LogP) is 2.45. The first kappa shape index (κ1) is 14.5. The Morgan fingerprint density at radius 2 is 2.14 bits per heavy atom. The number of halogens is 1. The second-order valence-corrected chi connectivity index (χ2v) is 4.17. The number of amides is 1. The summed E-state index contributed by atoms with van der Waals surface area (Å²) in [6.45, 7) is 0.159. The van der Waals surface area contributed by atoms with Gasteiger partial charge in [-0.15, -0.1) is 0 Å².